The smallest absolute Gasteiger partial charge is 0.227 e. The summed E-state index contributed by atoms with van der Waals surface area (Å²) in [6.07, 6.45) is 0.698. The summed E-state index contributed by atoms with van der Waals surface area (Å²) in [5, 5.41) is 0. The lowest BCUT2D eigenvalue weighted by molar-refractivity contribution is 0.419. The molecule has 2 aromatic heterocycles. The summed E-state index contributed by atoms with van der Waals surface area (Å²) >= 11 is 0. The molecule has 9 nitrogen and oxygen atoms in total. The minimum atomic E-state index is -1.06. The van der Waals surface area contributed by atoms with E-state index in [1.807, 2.05) is 19.2 Å². The van der Waals surface area contributed by atoms with Gasteiger partial charge in [0.2, 0.25) is 11.9 Å². The number of anilines is 3. The molecular formula is C19H23N7O2S. The summed E-state index contributed by atoms with van der Waals surface area (Å²) < 4.78 is 19.6. The number of aromatic nitrogens is 4. The van der Waals surface area contributed by atoms with Crippen molar-refractivity contribution in [1.82, 2.24) is 19.5 Å². The number of imidazole rings is 1. The van der Waals surface area contributed by atoms with Crippen LogP contribution in [0.25, 0.3) is 11.0 Å². The summed E-state index contributed by atoms with van der Waals surface area (Å²) in [6, 6.07) is 5.96. The van der Waals surface area contributed by atoms with E-state index in [1.54, 1.807) is 7.11 Å². The van der Waals surface area contributed by atoms with E-state index in [-0.39, 0.29) is 0 Å². The van der Waals surface area contributed by atoms with Gasteiger partial charge in [-0.05, 0) is 12.1 Å². The van der Waals surface area contributed by atoms with Gasteiger partial charge in [-0.1, -0.05) is 6.07 Å². The first kappa shape index (κ1) is 18.2. The van der Waals surface area contributed by atoms with Crippen LogP contribution in [0.5, 0.6) is 5.75 Å². The van der Waals surface area contributed by atoms with Gasteiger partial charge in [-0.3, -0.25) is 4.21 Å². The van der Waals surface area contributed by atoms with Crippen molar-refractivity contribution < 1.29 is 8.95 Å². The topological polar surface area (TPSA) is 102 Å². The van der Waals surface area contributed by atoms with E-state index in [0.29, 0.717) is 28.8 Å². The van der Waals surface area contributed by atoms with Crippen molar-refractivity contribution in [2.45, 2.75) is 11.3 Å². The van der Waals surface area contributed by atoms with Crippen LogP contribution in [0, 0.1) is 0 Å². The van der Waals surface area contributed by atoms with Gasteiger partial charge in [-0.25, -0.2) is 9.97 Å². The molecule has 0 radical (unpaired) electrons. The second-order valence-corrected chi connectivity index (χ2v) is 8.76. The Kier molecular flexibility index (Phi) is 4.30. The highest BCUT2D eigenvalue weighted by atomic mass is 32.2. The Hall–Kier alpha value is -2.88. The van der Waals surface area contributed by atoms with Crippen LogP contribution in [-0.4, -0.2) is 62.8 Å². The molecule has 10 heteroatoms. The molecule has 3 aromatic rings. The Labute approximate surface area is 171 Å². The monoisotopic (exact) mass is 413 g/mol. The van der Waals surface area contributed by atoms with E-state index in [0.717, 1.165) is 54.6 Å². The van der Waals surface area contributed by atoms with Crippen LogP contribution in [0.4, 0.5) is 17.7 Å². The van der Waals surface area contributed by atoms with Crippen LogP contribution in [0.15, 0.2) is 23.1 Å². The third-order valence-corrected chi connectivity index (χ3v) is 7.09. The normalized spacial score (nSPS) is 19.0. The van der Waals surface area contributed by atoms with Crippen molar-refractivity contribution in [3.05, 3.63) is 23.9 Å². The maximum atomic E-state index is 12.0. The quantitative estimate of drug-likeness (QED) is 0.677. The van der Waals surface area contributed by atoms with Crippen molar-refractivity contribution in [2.75, 3.05) is 54.6 Å². The van der Waals surface area contributed by atoms with Gasteiger partial charge in [0, 0.05) is 45.4 Å². The van der Waals surface area contributed by atoms with Crippen molar-refractivity contribution in [3.63, 3.8) is 0 Å². The second-order valence-electron chi connectivity index (χ2n) is 7.26. The summed E-state index contributed by atoms with van der Waals surface area (Å²) in [5.74, 6) is 3.27. The predicted molar refractivity (Wildman–Crippen MR) is 113 cm³/mol. The number of hydrogen-bond acceptors (Lipinski definition) is 8. The number of methoxy groups -OCH3 is 1. The van der Waals surface area contributed by atoms with E-state index in [2.05, 4.69) is 30.4 Å². The minimum Gasteiger partial charge on any atom is -0.494 e. The van der Waals surface area contributed by atoms with Crippen LogP contribution in [-0.2, 0) is 24.3 Å². The number of ether oxygens (including phenoxy) is 1. The number of rotatable bonds is 3. The maximum Gasteiger partial charge on any atom is 0.227 e. The van der Waals surface area contributed by atoms with Crippen molar-refractivity contribution in [1.29, 1.82) is 0 Å². The SMILES string of the molecule is COc1cccc2c1nc(N1CCN(c3nc(N)c4c(n3)CCS4=O)CC1)n2C. The number of piperazine rings is 1. The molecule has 1 aromatic carbocycles. The van der Waals surface area contributed by atoms with Crippen LogP contribution < -0.4 is 20.3 Å². The molecule has 4 heterocycles. The minimum absolute atomic E-state index is 0.353. The number of benzene rings is 1. The standard InChI is InChI=1S/C19H23N7O2S/c1-24-13-4-3-5-14(28-2)15(13)22-19(24)26-9-7-25(8-10-26)18-21-12-6-11-29(27)16(12)17(20)23-18/h3-5H,6-11H2,1-2H3,(H2,20,21,23). The van der Waals surface area contributed by atoms with Crippen LogP contribution >= 0.6 is 0 Å². The van der Waals surface area contributed by atoms with Gasteiger partial charge >= 0.3 is 0 Å². The van der Waals surface area contributed by atoms with Crippen molar-refractivity contribution in [3.8, 4) is 5.75 Å². The Morgan fingerprint density at radius 3 is 2.62 bits per heavy atom. The molecule has 2 aliphatic heterocycles. The van der Waals surface area contributed by atoms with Crippen molar-refractivity contribution in [2.24, 2.45) is 7.05 Å². The average Bonchev–Trinajstić information content (AvgIpc) is 3.28. The van der Waals surface area contributed by atoms with Crippen molar-refractivity contribution >= 4 is 39.5 Å². The average molecular weight is 414 g/mol. The molecule has 2 N–H and O–H groups in total. The summed E-state index contributed by atoms with van der Waals surface area (Å²) in [5.41, 5.74) is 8.82. The lowest BCUT2D eigenvalue weighted by atomic mass is 10.3. The highest BCUT2D eigenvalue weighted by molar-refractivity contribution is 7.85. The van der Waals surface area contributed by atoms with Crippen LogP contribution in [0.1, 0.15) is 5.69 Å². The fourth-order valence-electron chi connectivity index (χ4n) is 4.08. The molecule has 0 amide bonds. The molecule has 1 saturated heterocycles. The molecule has 0 saturated carbocycles. The van der Waals surface area contributed by atoms with E-state index in [4.69, 9.17) is 15.5 Å². The van der Waals surface area contributed by atoms with Gasteiger partial charge in [0.05, 0.1) is 29.1 Å². The first-order chi connectivity index (χ1) is 14.1. The third kappa shape index (κ3) is 2.89. The number of nitrogens with zero attached hydrogens (tertiary/aromatic N) is 6. The number of nitrogens with two attached hydrogens (primary N) is 1. The second kappa shape index (κ2) is 6.87. The number of hydrogen-bond donors (Lipinski definition) is 1. The fourth-order valence-corrected chi connectivity index (χ4v) is 5.36. The molecule has 1 fully saturated rings. The van der Waals surface area contributed by atoms with E-state index in [9.17, 15) is 4.21 Å². The zero-order valence-corrected chi connectivity index (χ0v) is 17.3. The molecular weight excluding hydrogens is 390 g/mol. The van der Waals surface area contributed by atoms with E-state index >= 15 is 0 Å². The Morgan fingerprint density at radius 1 is 1.10 bits per heavy atom. The van der Waals surface area contributed by atoms with Crippen LogP contribution in [0.2, 0.25) is 0 Å². The number of aryl methyl sites for hydroxylation is 2. The predicted octanol–water partition coefficient (Wildman–Crippen LogP) is 0.944. The van der Waals surface area contributed by atoms with Gasteiger partial charge < -0.3 is 24.8 Å². The molecule has 29 heavy (non-hydrogen) atoms. The van der Waals surface area contributed by atoms with E-state index in [1.165, 1.54) is 0 Å². The lowest BCUT2D eigenvalue weighted by Crippen LogP contribution is -2.48. The lowest BCUT2D eigenvalue weighted by Gasteiger charge is -2.35. The zero-order chi connectivity index (χ0) is 20.1. The zero-order valence-electron chi connectivity index (χ0n) is 16.5. The van der Waals surface area contributed by atoms with E-state index < -0.39 is 10.8 Å². The number of para-hydroxylation sites is 1. The molecule has 0 spiro atoms. The molecule has 2 aliphatic rings. The Balaban J connectivity index is 1.38. The van der Waals surface area contributed by atoms with Gasteiger partial charge in [0.25, 0.3) is 0 Å². The first-order valence-corrected chi connectivity index (χ1v) is 10.9. The summed E-state index contributed by atoms with van der Waals surface area (Å²) in [6.45, 7) is 3.13. The first-order valence-electron chi connectivity index (χ1n) is 9.61. The summed E-state index contributed by atoms with van der Waals surface area (Å²) in [7, 11) is 2.63. The molecule has 5 rings (SSSR count). The van der Waals surface area contributed by atoms with Gasteiger partial charge in [0.15, 0.2) is 0 Å². The van der Waals surface area contributed by atoms with Gasteiger partial charge in [0.1, 0.15) is 22.0 Å². The number of fused-ring (bicyclic) bond motifs is 2. The molecule has 1 unspecified atom stereocenters. The van der Waals surface area contributed by atoms with Gasteiger partial charge in [-0.2, -0.15) is 4.98 Å². The molecule has 0 bridgehead atoms. The fraction of sp³-hybridized carbons (Fsp3) is 0.421. The molecule has 1 atom stereocenters. The molecule has 0 aliphatic carbocycles. The Morgan fingerprint density at radius 2 is 1.86 bits per heavy atom. The van der Waals surface area contributed by atoms with Crippen LogP contribution in [0.3, 0.4) is 0 Å². The summed E-state index contributed by atoms with van der Waals surface area (Å²) in [4.78, 5) is 18.9. The number of nitrogen functional groups attached to an aromatic ring is 1. The highest BCUT2D eigenvalue weighted by Gasteiger charge is 2.28. The Bertz CT molecular complexity index is 1120. The maximum absolute atomic E-state index is 12.0. The van der Waals surface area contributed by atoms with Gasteiger partial charge in [-0.15, -0.1) is 0 Å². The molecule has 152 valence electrons. The highest BCUT2D eigenvalue weighted by Crippen LogP contribution is 2.30. The third-order valence-electron chi connectivity index (χ3n) is 5.62. The largest absolute Gasteiger partial charge is 0.494 e.